The van der Waals surface area contributed by atoms with Crippen molar-refractivity contribution >= 4 is 12.1 Å². The highest BCUT2D eigenvalue weighted by Gasteiger charge is 2.26. The van der Waals surface area contributed by atoms with Gasteiger partial charge in [-0.3, -0.25) is 4.79 Å². The number of nitrogens with one attached hydrogen (secondary N) is 1. The van der Waals surface area contributed by atoms with Crippen LogP contribution in [0.25, 0.3) is 0 Å². The maximum atomic E-state index is 12.3. The lowest BCUT2D eigenvalue weighted by atomic mass is 10.2. The molecule has 3 rings (SSSR count). The molecule has 0 saturated heterocycles. The van der Waals surface area contributed by atoms with Gasteiger partial charge in [0.05, 0.1) is 19.4 Å². The van der Waals surface area contributed by atoms with E-state index in [-0.39, 0.29) is 12.5 Å². The maximum Gasteiger partial charge on any atom is 0.284 e. The minimum atomic E-state index is -0.754. The normalized spacial score (nSPS) is 15.3. The summed E-state index contributed by atoms with van der Waals surface area (Å²) in [5.74, 6) is 2.13. The third-order valence-corrected chi connectivity index (χ3v) is 3.92. The van der Waals surface area contributed by atoms with Crippen molar-refractivity contribution in [3.63, 3.8) is 0 Å². The number of benzene rings is 2. The number of amides is 1. The number of nitrogens with zero attached hydrogens (tertiary/aromatic N) is 1. The van der Waals surface area contributed by atoms with E-state index < -0.39 is 6.10 Å². The highest BCUT2D eigenvalue weighted by atomic mass is 16.6. The van der Waals surface area contributed by atoms with Gasteiger partial charge in [0, 0.05) is 0 Å². The molecule has 2 aromatic carbocycles. The molecule has 0 spiro atoms. The van der Waals surface area contributed by atoms with Gasteiger partial charge in [-0.05, 0) is 49.2 Å². The Kier molecular flexibility index (Phi) is 6.73. The topological polar surface area (TPSA) is 78.4 Å². The molecule has 1 aliphatic rings. The number of hydrazone groups is 1. The Balaban J connectivity index is 1.59. The number of ether oxygens (including phenoxy) is 4. The zero-order valence-corrected chi connectivity index (χ0v) is 16.0. The van der Waals surface area contributed by atoms with Gasteiger partial charge in [-0.2, -0.15) is 5.10 Å². The van der Waals surface area contributed by atoms with Gasteiger partial charge in [0.2, 0.25) is 6.10 Å². The lowest BCUT2D eigenvalue weighted by Gasteiger charge is -2.24. The van der Waals surface area contributed by atoms with Crippen molar-refractivity contribution in [2.24, 2.45) is 5.10 Å². The van der Waals surface area contributed by atoms with E-state index in [1.165, 1.54) is 0 Å². The fourth-order valence-corrected chi connectivity index (χ4v) is 2.60. The van der Waals surface area contributed by atoms with Crippen LogP contribution in [-0.2, 0) is 4.79 Å². The summed E-state index contributed by atoms with van der Waals surface area (Å²) in [7, 11) is 0. The molecule has 1 heterocycles. The molecule has 2 aromatic rings. The zero-order chi connectivity index (χ0) is 19.8. The van der Waals surface area contributed by atoms with Crippen molar-refractivity contribution in [3.05, 3.63) is 48.0 Å². The molecule has 0 aliphatic carbocycles. The summed E-state index contributed by atoms with van der Waals surface area (Å²) < 4.78 is 22.5. The number of hydrogen-bond acceptors (Lipinski definition) is 6. The predicted molar refractivity (Wildman–Crippen MR) is 105 cm³/mol. The van der Waals surface area contributed by atoms with Crippen molar-refractivity contribution in [3.8, 4) is 23.0 Å². The summed E-state index contributed by atoms with van der Waals surface area (Å²) in [5.41, 5.74) is 3.26. The van der Waals surface area contributed by atoms with Crippen molar-refractivity contribution in [1.29, 1.82) is 0 Å². The first-order valence-corrected chi connectivity index (χ1v) is 9.32. The highest BCUT2D eigenvalue weighted by Crippen LogP contribution is 2.31. The Hall–Kier alpha value is -3.22. The SMILES string of the molecule is CCCOc1ccc(/C=N\NC(=O)[C@@H]2COc3ccccc3O2)cc1OCC. The molecule has 148 valence electrons. The molecule has 0 radical (unpaired) electrons. The van der Waals surface area contributed by atoms with E-state index in [4.69, 9.17) is 18.9 Å². The summed E-state index contributed by atoms with van der Waals surface area (Å²) >= 11 is 0. The van der Waals surface area contributed by atoms with E-state index in [9.17, 15) is 4.79 Å². The van der Waals surface area contributed by atoms with Crippen LogP contribution in [0, 0.1) is 0 Å². The van der Waals surface area contributed by atoms with Crippen LogP contribution in [0.4, 0.5) is 0 Å². The van der Waals surface area contributed by atoms with Crippen LogP contribution >= 0.6 is 0 Å². The molecule has 0 saturated carbocycles. The summed E-state index contributed by atoms with van der Waals surface area (Å²) in [6, 6.07) is 12.7. The first kappa shape index (κ1) is 19.5. The fourth-order valence-electron chi connectivity index (χ4n) is 2.60. The quantitative estimate of drug-likeness (QED) is 0.559. The van der Waals surface area contributed by atoms with Crippen LogP contribution in [0.3, 0.4) is 0 Å². The Morgan fingerprint density at radius 2 is 2.00 bits per heavy atom. The standard InChI is InChI=1S/C21H24N2O5/c1-3-11-26-17-10-9-15(12-19(17)25-4-2)13-22-23-21(24)20-14-27-16-7-5-6-8-18(16)28-20/h5-10,12-13,20H,3-4,11,14H2,1-2H3,(H,23,24)/b22-13-/t20-/m0/s1. The average Bonchev–Trinajstić information content (AvgIpc) is 2.73. The van der Waals surface area contributed by atoms with Crippen LogP contribution in [0.2, 0.25) is 0 Å². The smallest absolute Gasteiger partial charge is 0.284 e. The van der Waals surface area contributed by atoms with Crippen molar-refractivity contribution in [2.45, 2.75) is 26.4 Å². The maximum absolute atomic E-state index is 12.3. The van der Waals surface area contributed by atoms with Crippen LogP contribution < -0.4 is 24.4 Å². The van der Waals surface area contributed by atoms with Gasteiger partial charge in [0.25, 0.3) is 5.91 Å². The molecule has 0 aromatic heterocycles. The monoisotopic (exact) mass is 384 g/mol. The van der Waals surface area contributed by atoms with Gasteiger partial charge in [0.1, 0.15) is 6.61 Å². The Morgan fingerprint density at radius 3 is 2.79 bits per heavy atom. The van der Waals surface area contributed by atoms with E-state index in [2.05, 4.69) is 10.5 Å². The van der Waals surface area contributed by atoms with Crippen molar-refractivity contribution < 1.29 is 23.7 Å². The van der Waals surface area contributed by atoms with E-state index >= 15 is 0 Å². The fraction of sp³-hybridized carbons (Fsp3) is 0.333. The second kappa shape index (κ2) is 9.64. The molecule has 1 aliphatic heterocycles. The third kappa shape index (κ3) is 4.94. The van der Waals surface area contributed by atoms with Crippen LogP contribution in [0.15, 0.2) is 47.6 Å². The number of fused-ring (bicyclic) bond motifs is 1. The number of rotatable bonds is 8. The predicted octanol–water partition coefficient (Wildman–Crippen LogP) is 3.16. The van der Waals surface area contributed by atoms with Crippen LogP contribution in [0.1, 0.15) is 25.8 Å². The first-order valence-electron chi connectivity index (χ1n) is 9.32. The highest BCUT2D eigenvalue weighted by molar-refractivity contribution is 5.85. The third-order valence-electron chi connectivity index (χ3n) is 3.92. The van der Waals surface area contributed by atoms with E-state index in [0.717, 1.165) is 12.0 Å². The first-order chi connectivity index (χ1) is 13.7. The average molecular weight is 384 g/mol. The summed E-state index contributed by atoms with van der Waals surface area (Å²) in [6.45, 7) is 5.24. The molecule has 0 unspecified atom stereocenters. The van der Waals surface area contributed by atoms with Crippen molar-refractivity contribution in [2.75, 3.05) is 19.8 Å². The van der Waals surface area contributed by atoms with Gasteiger partial charge < -0.3 is 18.9 Å². The second-order valence-electron chi connectivity index (χ2n) is 6.09. The molecular weight excluding hydrogens is 360 g/mol. The minimum absolute atomic E-state index is 0.135. The molecule has 7 nitrogen and oxygen atoms in total. The lowest BCUT2D eigenvalue weighted by molar-refractivity contribution is -0.130. The van der Waals surface area contributed by atoms with E-state index in [0.29, 0.717) is 36.2 Å². The number of carbonyl (C=O) groups excluding carboxylic acids is 1. The number of hydrogen-bond donors (Lipinski definition) is 1. The molecule has 1 amide bonds. The second-order valence-corrected chi connectivity index (χ2v) is 6.09. The van der Waals surface area contributed by atoms with Gasteiger partial charge in [-0.1, -0.05) is 19.1 Å². The molecule has 0 bridgehead atoms. The largest absolute Gasteiger partial charge is 0.490 e. The molecule has 7 heteroatoms. The van der Waals surface area contributed by atoms with Gasteiger partial charge in [-0.25, -0.2) is 5.43 Å². The van der Waals surface area contributed by atoms with E-state index in [1.807, 2.05) is 44.2 Å². The Bertz CT molecular complexity index is 837. The summed E-state index contributed by atoms with van der Waals surface area (Å²) in [5, 5.41) is 4.01. The summed E-state index contributed by atoms with van der Waals surface area (Å²) in [4.78, 5) is 12.3. The Labute approximate surface area is 164 Å². The van der Waals surface area contributed by atoms with E-state index in [1.54, 1.807) is 18.3 Å². The number of para-hydroxylation sites is 2. The van der Waals surface area contributed by atoms with Crippen molar-refractivity contribution in [1.82, 2.24) is 5.43 Å². The molecule has 1 N–H and O–H groups in total. The molecular formula is C21H24N2O5. The lowest BCUT2D eigenvalue weighted by Crippen LogP contribution is -2.42. The van der Waals surface area contributed by atoms with Gasteiger partial charge in [-0.15, -0.1) is 0 Å². The van der Waals surface area contributed by atoms with Crippen LogP contribution in [-0.4, -0.2) is 38.0 Å². The van der Waals surface area contributed by atoms with Crippen LogP contribution in [0.5, 0.6) is 23.0 Å². The molecule has 1 atom stereocenters. The zero-order valence-electron chi connectivity index (χ0n) is 16.0. The van der Waals surface area contributed by atoms with Gasteiger partial charge in [0.15, 0.2) is 23.0 Å². The molecule has 28 heavy (non-hydrogen) atoms. The minimum Gasteiger partial charge on any atom is -0.490 e. The number of carbonyl (C=O) groups is 1. The molecule has 0 fully saturated rings. The van der Waals surface area contributed by atoms with Gasteiger partial charge >= 0.3 is 0 Å². The summed E-state index contributed by atoms with van der Waals surface area (Å²) in [6.07, 6.45) is 1.70. The Morgan fingerprint density at radius 1 is 1.18 bits per heavy atom.